The number of anilines is 1. The second-order valence-corrected chi connectivity index (χ2v) is 9.86. The first kappa shape index (κ1) is 19.7. The summed E-state index contributed by atoms with van der Waals surface area (Å²) in [6.07, 6.45) is 4.21. The normalized spacial score (nSPS) is 19.4. The number of hydrogen-bond acceptors (Lipinski definition) is 5. The summed E-state index contributed by atoms with van der Waals surface area (Å²) in [6, 6.07) is 5.97. The van der Waals surface area contributed by atoms with E-state index in [9.17, 15) is 21.6 Å². The molecule has 0 unspecified atom stereocenters. The molecular weight excluding hydrogens is 366 g/mol. The Bertz CT molecular complexity index is 836. The first-order valence-electron chi connectivity index (χ1n) is 7.87. The molecule has 1 aromatic carbocycles. The zero-order valence-corrected chi connectivity index (χ0v) is 15.9. The maximum Gasteiger partial charge on any atom is 0.238 e. The maximum absolute atomic E-state index is 12.4. The summed E-state index contributed by atoms with van der Waals surface area (Å²) in [5.41, 5.74) is 1.12. The van der Waals surface area contributed by atoms with Crippen molar-refractivity contribution in [2.45, 2.75) is 31.8 Å². The number of carbonyl (C=O) groups excluding carboxylic acids is 1. The average Bonchev–Trinajstić information content (AvgIpc) is 2.50. The van der Waals surface area contributed by atoms with Crippen LogP contribution in [-0.4, -0.2) is 52.1 Å². The van der Waals surface area contributed by atoms with Gasteiger partial charge >= 0.3 is 0 Å². The Labute approximate surface area is 148 Å². The Balaban J connectivity index is 2.03. The molecule has 1 atom stereocenters. The largest absolute Gasteiger partial charge is 0.351 e. The van der Waals surface area contributed by atoms with Gasteiger partial charge < -0.3 is 5.32 Å². The molecule has 8 nitrogen and oxygen atoms in total. The van der Waals surface area contributed by atoms with E-state index in [-0.39, 0.29) is 12.5 Å². The van der Waals surface area contributed by atoms with E-state index in [2.05, 4.69) is 10.0 Å². The Morgan fingerprint density at radius 1 is 1.20 bits per heavy atom. The third-order valence-electron chi connectivity index (χ3n) is 3.88. The van der Waals surface area contributed by atoms with E-state index < -0.39 is 26.1 Å². The van der Waals surface area contributed by atoms with E-state index in [0.717, 1.165) is 25.4 Å². The van der Waals surface area contributed by atoms with Gasteiger partial charge in [0, 0.05) is 18.8 Å². The highest BCUT2D eigenvalue weighted by Crippen LogP contribution is 2.20. The predicted molar refractivity (Wildman–Crippen MR) is 95.9 cm³/mol. The Hall–Kier alpha value is -1.65. The number of nitrogens with one attached hydrogen (secondary N) is 2. The van der Waals surface area contributed by atoms with Crippen LogP contribution in [0.15, 0.2) is 24.3 Å². The highest BCUT2D eigenvalue weighted by Gasteiger charge is 2.34. The van der Waals surface area contributed by atoms with Crippen LogP contribution in [0.5, 0.6) is 0 Å². The van der Waals surface area contributed by atoms with Gasteiger partial charge in [0.05, 0.1) is 12.5 Å². The van der Waals surface area contributed by atoms with E-state index in [1.165, 1.54) is 4.31 Å². The van der Waals surface area contributed by atoms with Gasteiger partial charge in [-0.1, -0.05) is 18.6 Å². The van der Waals surface area contributed by atoms with Crippen molar-refractivity contribution >= 4 is 31.6 Å². The molecule has 0 radical (unpaired) electrons. The molecule has 0 aromatic heterocycles. The molecule has 0 saturated carbocycles. The SMILES string of the molecule is CS(=O)(=O)Nc1cccc(CNC(=O)[C@H]2CCCCN2S(C)(=O)=O)c1. The molecule has 2 rings (SSSR count). The molecule has 1 aromatic rings. The van der Waals surface area contributed by atoms with Crippen LogP contribution in [0.1, 0.15) is 24.8 Å². The number of hydrogen-bond donors (Lipinski definition) is 2. The second-order valence-electron chi connectivity index (χ2n) is 6.18. The Kier molecular flexibility index (Phi) is 6.07. The number of sulfonamides is 2. The Morgan fingerprint density at radius 2 is 1.92 bits per heavy atom. The van der Waals surface area contributed by atoms with Gasteiger partial charge in [0.2, 0.25) is 26.0 Å². The van der Waals surface area contributed by atoms with Gasteiger partial charge in [0.25, 0.3) is 0 Å². The lowest BCUT2D eigenvalue weighted by atomic mass is 10.0. The highest BCUT2D eigenvalue weighted by atomic mass is 32.2. The van der Waals surface area contributed by atoms with Crippen LogP contribution < -0.4 is 10.0 Å². The van der Waals surface area contributed by atoms with Crippen LogP contribution in [0.25, 0.3) is 0 Å². The van der Waals surface area contributed by atoms with Crippen LogP contribution >= 0.6 is 0 Å². The summed E-state index contributed by atoms with van der Waals surface area (Å²) in [5.74, 6) is -0.341. The zero-order valence-electron chi connectivity index (χ0n) is 14.2. The van der Waals surface area contributed by atoms with Gasteiger partial charge in [-0.3, -0.25) is 9.52 Å². The molecule has 0 aliphatic carbocycles. The third kappa shape index (κ3) is 5.98. The summed E-state index contributed by atoms with van der Waals surface area (Å²) < 4.78 is 49.8. The zero-order chi connectivity index (χ0) is 18.7. The molecular formula is C15H23N3O5S2. The molecule has 25 heavy (non-hydrogen) atoms. The first-order valence-corrected chi connectivity index (χ1v) is 11.6. The van der Waals surface area contributed by atoms with E-state index in [0.29, 0.717) is 24.2 Å². The fourth-order valence-corrected chi connectivity index (χ4v) is 4.51. The lowest BCUT2D eigenvalue weighted by molar-refractivity contribution is -0.125. The molecule has 1 heterocycles. The van der Waals surface area contributed by atoms with Crippen molar-refractivity contribution in [3.63, 3.8) is 0 Å². The first-order chi connectivity index (χ1) is 11.6. The molecule has 2 N–H and O–H groups in total. The van der Waals surface area contributed by atoms with E-state index >= 15 is 0 Å². The van der Waals surface area contributed by atoms with Crippen molar-refractivity contribution in [1.82, 2.24) is 9.62 Å². The van der Waals surface area contributed by atoms with Crippen molar-refractivity contribution in [2.24, 2.45) is 0 Å². The van der Waals surface area contributed by atoms with E-state index in [1.807, 2.05) is 0 Å². The minimum Gasteiger partial charge on any atom is -0.351 e. The van der Waals surface area contributed by atoms with E-state index in [1.54, 1.807) is 24.3 Å². The molecule has 140 valence electrons. The quantitative estimate of drug-likeness (QED) is 0.735. The smallest absolute Gasteiger partial charge is 0.238 e. The van der Waals surface area contributed by atoms with Crippen LogP contribution in [0.4, 0.5) is 5.69 Å². The van der Waals surface area contributed by atoms with Crippen LogP contribution in [0.3, 0.4) is 0 Å². The van der Waals surface area contributed by atoms with Gasteiger partial charge in [-0.2, -0.15) is 4.31 Å². The highest BCUT2D eigenvalue weighted by molar-refractivity contribution is 7.92. The number of rotatable bonds is 6. The van der Waals surface area contributed by atoms with Gasteiger partial charge in [-0.25, -0.2) is 16.8 Å². The second kappa shape index (κ2) is 7.71. The van der Waals surface area contributed by atoms with Crippen molar-refractivity contribution in [3.05, 3.63) is 29.8 Å². The van der Waals surface area contributed by atoms with Crippen molar-refractivity contribution in [1.29, 1.82) is 0 Å². The third-order valence-corrected chi connectivity index (χ3v) is 5.77. The van der Waals surface area contributed by atoms with Gasteiger partial charge in [-0.15, -0.1) is 0 Å². The van der Waals surface area contributed by atoms with Crippen molar-refractivity contribution in [2.75, 3.05) is 23.8 Å². The summed E-state index contributed by atoms with van der Waals surface area (Å²) in [5, 5.41) is 2.74. The standard InChI is InChI=1S/C15H23N3O5S2/c1-24(20,21)17-13-7-5-6-12(10-13)11-16-15(19)14-8-3-4-9-18(14)25(2,22)23/h5-7,10,14,17H,3-4,8-9,11H2,1-2H3,(H,16,19)/t14-/m1/s1. The fraction of sp³-hybridized carbons (Fsp3) is 0.533. The number of benzene rings is 1. The Morgan fingerprint density at radius 3 is 2.56 bits per heavy atom. The number of nitrogens with zero attached hydrogens (tertiary/aromatic N) is 1. The van der Waals surface area contributed by atoms with Gasteiger partial charge in [0.15, 0.2) is 0 Å². The van der Waals surface area contributed by atoms with Crippen LogP contribution in [0.2, 0.25) is 0 Å². The number of amides is 1. The molecule has 10 heteroatoms. The average molecular weight is 389 g/mol. The monoisotopic (exact) mass is 389 g/mol. The number of piperidine rings is 1. The van der Waals surface area contributed by atoms with Crippen molar-refractivity contribution in [3.8, 4) is 0 Å². The molecule has 1 saturated heterocycles. The minimum absolute atomic E-state index is 0.187. The molecule has 0 bridgehead atoms. The van der Waals surface area contributed by atoms with Crippen LogP contribution in [0, 0.1) is 0 Å². The molecule has 1 aliphatic heterocycles. The maximum atomic E-state index is 12.4. The molecule has 0 spiro atoms. The summed E-state index contributed by atoms with van der Waals surface area (Å²) in [6.45, 7) is 0.539. The lowest BCUT2D eigenvalue weighted by Crippen LogP contribution is -2.51. The summed E-state index contributed by atoms with van der Waals surface area (Å²) in [7, 11) is -6.81. The topological polar surface area (TPSA) is 113 Å². The summed E-state index contributed by atoms with van der Waals surface area (Å²) >= 11 is 0. The van der Waals surface area contributed by atoms with Gasteiger partial charge in [0.1, 0.15) is 6.04 Å². The minimum atomic E-state index is -3.43. The summed E-state index contributed by atoms with van der Waals surface area (Å²) in [4.78, 5) is 12.4. The van der Waals surface area contributed by atoms with Crippen molar-refractivity contribution < 1.29 is 21.6 Å². The number of carbonyl (C=O) groups is 1. The van der Waals surface area contributed by atoms with Gasteiger partial charge in [-0.05, 0) is 30.5 Å². The molecule has 1 fully saturated rings. The fourth-order valence-electron chi connectivity index (χ4n) is 2.83. The lowest BCUT2D eigenvalue weighted by Gasteiger charge is -2.32. The van der Waals surface area contributed by atoms with Crippen LogP contribution in [-0.2, 0) is 31.4 Å². The predicted octanol–water partition coefficient (Wildman–Crippen LogP) is 0.488. The molecule has 1 aliphatic rings. The molecule has 1 amide bonds. The van der Waals surface area contributed by atoms with E-state index in [4.69, 9.17) is 0 Å².